The van der Waals surface area contributed by atoms with Crippen molar-refractivity contribution in [1.82, 2.24) is 4.98 Å². The van der Waals surface area contributed by atoms with Crippen LogP contribution in [0.25, 0.3) is 0 Å². The first-order chi connectivity index (χ1) is 6.06. The Labute approximate surface area is 90.6 Å². The molecule has 1 aromatic heterocycles. The van der Waals surface area contributed by atoms with Crippen molar-refractivity contribution in [1.29, 1.82) is 0 Å². The predicted molar refractivity (Wildman–Crippen MR) is 51.1 cm³/mol. The number of methoxy groups -OCH3 is 1. The van der Waals surface area contributed by atoms with Crippen LogP contribution in [-0.2, 0) is 0 Å². The minimum absolute atomic E-state index is 0.140. The Bertz CT molecular complexity index is 320. The van der Waals surface area contributed by atoms with Crippen LogP contribution in [0, 0.1) is 0 Å². The standard InChI is InChI=1S/C7H5Br2F2NO/c1-13-7-5(9)3(6(10)11)2-4(8)12-7/h2,6H,1H3. The van der Waals surface area contributed by atoms with E-state index in [1.54, 1.807) is 0 Å². The highest BCUT2D eigenvalue weighted by Crippen LogP contribution is 2.34. The Morgan fingerprint density at radius 3 is 2.54 bits per heavy atom. The number of rotatable bonds is 2. The minimum Gasteiger partial charge on any atom is -0.480 e. The Hall–Kier alpha value is -0.230. The van der Waals surface area contributed by atoms with Crippen LogP contribution in [0.5, 0.6) is 5.88 Å². The van der Waals surface area contributed by atoms with Crippen molar-refractivity contribution in [3.63, 3.8) is 0 Å². The second-order valence-corrected chi connectivity index (χ2v) is 3.76. The number of hydrogen-bond acceptors (Lipinski definition) is 2. The van der Waals surface area contributed by atoms with Crippen LogP contribution in [0.1, 0.15) is 12.0 Å². The number of halogens is 4. The van der Waals surface area contributed by atoms with Crippen LogP contribution >= 0.6 is 31.9 Å². The number of nitrogens with zero attached hydrogens (tertiary/aromatic N) is 1. The topological polar surface area (TPSA) is 22.1 Å². The molecule has 0 bridgehead atoms. The van der Waals surface area contributed by atoms with E-state index in [0.29, 0.717) is 4.60 Å². The second kappa shape index (κ2) is 4.32. The van der Waals surface area contributed by atoms with E-state index in [2.05, 4.69) is 36.8 Å². The normalized spacial score (nSPS) is 10.6. The summed E-state index contributed by atoms with van der Waals surface area (Å²) in [6.45, 7) is 0. The summed E-state index contributed by atoms with van der Waals surface area (Å²) in [5.74, 6) is 0.143. The zero-order valence-electron chi connectivity index (χ0n) is 6.52. The van der Waals surface area contributed by atoms with Crippen molar-refractivity contribution >= 4 is 31.9 Å². The molecule has 2 nitrogen and oxygen atoms in total. The molecule has 0 N–H and O–H groups in total. The summed E-state index contributed by atoms with van der Waals surface area (Å²) in [5, 5.41) is 0. The molecule has 0 aliphatic carbocycles. The first kappa shape index (κ1) is 10.8. The fraction of sp³-hybridized carbons (Fsp3) is 0.286. The van der Waals surface area contributed by atoms with Gasteiger partial charge in [-0.25, -0.2) is 13.8 Å². The smallest absolute Gasteiger partial charge is 0.265 e. The van der Waals surface area contributed by atoms with E-state index in [1.165, 1.54) is 13.2 Å². The molecule has 0 aromatic carbocycles. The number of aromatic nitrogens is 1. The Morgan fingerprint density at radius 2 is 2.08 bits per heavy atom. The van der Waals surface area contributed by atoms with Crippen molar-refractivity contribution in [3.05, 3.63) is 20.7 Å². The average molecular weight is 317 g/mol. The van der Waals surface area contributed by atoms with Crippen LogP contribution in [0.3, 0.4) is 0 Å². The zero-order chi connectivity index (χ0) is 10.0. The first-order valence-corrected chi connectivity index (χ1v) is 4.83. The molecule has 0 amide bonds. The molecule has 0 fully saturated rings. The second-order valence-electron chi connectivity index (χ2n) is 2.16. The molecule has 0 aliphatic heterocycles. The van der Waals surface area contributed by atoms with Gasteiger partial charge in [-0.1, -0.05) is 0 Å². The van der Waals surface area contributed by atoms with Gasteiger partial charge in [0.2, 0.25) is 5.88 Å². The van der Waals surface area contributed by atoms with E-state index >= 15 is 0 Å². The van der Waals surface area contributed by atoms with Crippen LogP contribution in [0.15, 0.2) is 15.1 Å². The third-order valence-electron chi connectivity index (χ3n) is 1.35. The van der Waals surface area contributed by atoms with Crippen molar-refractivity contribution < 1.29 is 13.5 Å². The fourth-order valence-electron chi connectivity index (χ4n) is 0.788. The fourth-order valence-corrected chi connectivity index (χ4v) is 1.73. The number of ether oxygens (including phenoxy) is 1. The van der Waals surface area contributed by atoms with Gasteiger partial charge in [0.05, 0.1) is 11.6 Å². The van der Waals surface area contributed by atoms with E-state index in [9.17, 15) is 8.78 Å². The third kappa shape index (κ3) is 2.37. The molecule has 0 unspecified atom stereocenters. The van der Waals surface area contributed by atoms with Crippen molar-refractivity contribution in [2.75, 3.05) is 7.11 Å². The van der Waals surface area contributed by atoms with Gasteiger partial charge < -0.3 is 4.74 Å². The lowest BCUT2D eigenvalue weighted by Crippen LogP contribution is -1.95. The molecule has 0 radical (unpaired) electrons. The maximum absolute atomic E-state index is 12.4. The molecule has 0 atom stereocenters. The van der Waals surface area contributed by atoms with Crippen LogP contribution in [0.2, 0.25) is 0 Å². The molecule has 1 heterocycles. The third-order valence-corrected chi connectivity index (χ3v) is 2.56. The van der Waals surface area contributed by atoms with E-state index in [1.807, 2.05) is 0 Å². The minimum atomic E-state index is -2.55. The van der Waals surface area contributed by atoms with Gasteiger partial charge in [0, 0.05) is 5.56 Å². The predicted octanol–water partition coefficient (Wildman–Crippen LogP) is 3.55. The summed E-state index contributed by atoms with van der Waals surface area (Å²) in [7, 11) is 1.37. The van der Waals surface area contributed by atoms with Crippen LogP contribution < -0.4 is 4.74 Å². The summed E-state index contributed by atoms with van der Waals surface area (Å²) in [6.07, 6.45) is -2.55. The Kier molecular flexibility index (Phi) is 3.61. The molecule has 0 spiro atoms. The Balaban J connectivity index is 3.27. The van der Waals surface area contributed by atoms with E-state index in [0.717, 1.165) is 0 Å². The lowest BCUT2D eigenvalue weighted by molar-refractivity contribution is 0.149. The van der Waals surface area contributed by atoms with Crippen molar-refractivity contribution in [3.8, 4) is 5.88 Å². The summed E-state index contributed by atoms with van der Waals surface area (Å²) in [5.41, 5.74) is -0.140. The first-order valence-electron chi connectivity index (χ1n) is 3.24. The molecule has 6 heteroatoms. The molecular weight excluding hydrogens is 312 g/mol. The van der Waals surface area contributed by atoms with E-state index < -0.39 is 6.43 Å². The van der Waals surface area contributed by atoms with Gasteiger partial charge >= 0.3 is 0 Å². The molecule has 0 saturated carbocycles. The summed E-state index contributed by atoms with van der Waals surface area (Å²) < 4.78 is 30.1. The monoisotopic (exact) mass is 315 g/mol. The highest BCUT2D eigenvalue weighted by Gasteiger charge is 2.17. The Morgan fingerprint density at radius 1 is 1.46 bits per heavy atom. The largest absolute Gasteiger partial charge is 0.480 e. The van der Waals surface area contributed by atoms with Crippen LogP contribution in [-0.4, -0.2) is 12.1 Å². The van der Waals surface area contributed by atoms with Crippen LogP contribution in [0.4, 0.5) is 8.78 Å². The zero-order valence-corrected chi connectivity index (χ0v) is 9.69. The lowest BCUT2D eigenvalue weighted by atomic mass is 10.3. The van der Waals surface area contributed by atoms with Crippen molar-refractivity contribution in [2.24, 2.45) is 0 Å². The molecule has 0 saturated heterocycles. The van der Waals surface area contributed by atoms with Gasteiger partial charge in [0.15, 0.2) is 0 Å². The maximum atomic E-state index is 12.4. The van der Waals surface area contributed by atoms with Gasteiger partial charge in [-0.05, 0) is 37.9 Å². The van der Waals surface area contributed by atoms with Gasteiger partial charge in [-0.3, -0.25) is 0 Å². The molecule has 1 rings (SSSR count). The average Bonchev–Trinajstić information content (AvgIpc) is 2.08. The summed E-state index contributed by atoms with van der Waals surface area (Å²) in [4.78, 5) is 3.85. The lowest BCUT2D eigenvalue weighted by Gasteiger charge is -2.07. The van der Waals surface area contributed by atoms with Gasteiger partial charge in [0.1, 0.15) is 4.60 Å². The van der Waals surface area contributed by atoms with Gasteiger partial charge in [-0.2, -0.15) is 0 Å². The van der Waals surface area contributed by atoms with Gasteiger partial charge in [-0.15, -0.1) is 0 Å². The number of alkyl halides is 2. The summed E-state index contributed by atoms with van der Waals surface area (Å²) >= 11 is 6.00. The number of hydrogen-bond donors (Lipinski definition) is 0. The molecular formula is C7H5Br2F2NO. The quantitative estimate of drug-likeness (QED) is 0.778. The molecule has 0 aliphatic rings. The highest BCUT2D eigenvalue weighted by molar-refractivity contribution is 9.11. The highest BCUT2D eigenvalue weighted by atomic mass is 79.9. The SMILES string of the molecule is COc1nc(Br)cc(C(F)F)c1Br. The maximum Gasteiger partial charge on any atom is 0.265 e. The van der Waals surface area contributed by atoms with E-state index in [4.69, 9.17) is 4.74 Å². The van der Waals surface area contributed by atoms with Crippen molar-refractivity contribution in [2.45, 2.75) is 6.43 Å². The van der Waals surface area contributed by atoms with Gasteiger partial charge in [0.25, 0.3) is 6.43 Å². The van der Waals surface area contributed by atoms with E-state index in [-0.39, 0.29) is 15.9 Å². The summed E-state index contributed by atoms with van der Waals surface area (Å²) in [6, 6.07) is 1.25. The molecule has 13 heavy (non-hydrogen) atoms. The molecule has 72 valence electrons. The number of pyridine rings is 1. The molecule has 1 aromatic rings.